The quantitative estimate of drug-likeness (QED) is 0.0895. The van der Waals surface area contributed by atoms with Gasteiger partial charge in [-0.25, -0.2) is 10.4 Å². The minimum Gasteiger partial charge on any atom is -0.494 e. The molecule has 1 aliphatic heterocycles. The molecule has 2 aliphatic rings. The predicted molar refractivity (Wildman–Crippen MR) is 198 cm³/mol. The van der Waals surface area contributed by atoms with Gasteiger partial charge in [0.15, 0.2) is 11.6 Å². The molecule has 7 rings (SSSR count). The van der Waals surface area contributed by atoms with Crippen LogP contribution in [0, 0.1) is 0 Å². The molecule has 0 fully saturated rings. The minimum absolute atomic E-state index is 0.0505. The fourth-order valence-corrected chi connectivity index (χ4v) is 7.01. The predicted octanol–water partition coefficient (Wildman–Crippen LogP) is 8.51. The monoisotopic (exact) mass is 703 g/mol. The van der Waals surface area contributed by atoms with Crippen molar-refractivity contribution in [3.63, 3.8) is 0 Å². The van der Waals surface area contributed by atoms with Gasteiger partial charge in [-0.2, -0.15) is 0 Å². The van der Waals surface area contributed by atoms with E-state index in [0.717, 1.165) is 27.8 Å². The number of nitrogens with one attached hydrogen (secondary N) is 2. The lowest BCUT2D eigenvalue weighted by Crippen LogP contribution is -2.53. The van der Waals surface area contributed by atoms with E-state index in [1.54, 1.807) is 18.2 Å². The van der Waals surface area contributed by atoms with E-state index in [4.69, 9.17) is 42.8 Å². The van der Waals surface area contributed by atoms with Crippen LogP contribution in [0.2, 0.25) is 10.0 Å². The van der Waals surface area contributed by atoms with E-state index in [1.165, 1.54) is 0 Å². The second-order valence-electron chi connectivity index (χ2n) is 12.2. The number of nitrogens with zero attached hydrogens (tertiary/aromatic N) is 1. The molecule has 1 aliphatic carbocycles. The SMILES string of the molecule is O=C(NNC1c2ccccc2-c2ccccc21)[C@@]1(C/C=C/c2ccccc2)N=C(c2ccc(OCCCO)cc2)O[C@H]1c1ccc(Cl)cc1Cl. The van der Waals surface area contributed by atoms with E-state index in [-0.39, 0.29) is 25.0 Å². The lowest BCUT2D eigenvalue weighted by atomic mass is 9.84. The Morgan fingerprint density at radius 1 is 0.860 bits per heavy atom. The summed E-state index contributed by atoms with van der Waals surface area (Å²) in [5.74, 6) is 0.559. The van der Waals surface area contributed by atoms with Crippen LogP contribution in [0.4, 0.5) is 0 Å². The number of aliphatic hydroxyl groups excluding tert-OH is 1. The molecule has 9 heteroatoms. The molecular formula is C41H35Cl2N3O4. The molecule has 7 nitrogen and oxygen atoms in total. The number of hydrogen-bond donors (Lipinski definition) is 3. The molecular weight excluding hydrogens is 669 g/mol. The van der Waals surface area contributed by atoms with Gasteiger partial charge in [0.25, 0.3) is 5.91 Å². The van der Waals surface area contributed by atoms with E-state index in [2.05, 4.69) is 35.1 Å². The Morgan fingerprint density at radius 3 is 2.22 bits per heavy atom. The van der Waals surface area contributed by atoms with Crippen molar-refractivity contribution in [1.82, 2.24) is 10.9 Å². The topological polar surface area (TPSA) is 92.2 Å². The number of aliphatic hydroxyl groups is 1. The van der Waals surface area contributed by atoms with E-state index in [1.807, 2.05) is 91.0 Å². The van der Waals surface area contributed by atoms with E-state index >= 15 is 0 Å². The van der Waals surface area contributed by atoms with E-state index in [0.29, 0.717) is 45.8 Å². The number of hydrogen-bond acceptors (Lipinski definition) is 6. The molecule has 0 bridgehead atoms. The van der Waals surface area contributed by atoms with Crippen molar-refractivity contribution in [3.8, 4) is 16.9 Å². The second-order valence-corrected chi connectivity index (χ2v) is 13.0. The van der Waals surface area contributed by atoms with Crippen molar-refractivity contribution in [2.45, 2.75) is 30.5 Å². The fraction of sp³-hybridized carbons (Fsp3) is 0.171. The normalized spacial score (nSPS) is 18.0. The second kappa shape index (κ2) is 14.9. The maximum absolute atomic E-state index is 14.8. The maximum atomic E-state index is 14.8. The Labute approximate surface area is 301 Å². The van der Waals surface area contributed by atoms with Crippen LogP contribution in [0.15, 0.2) is 132 Å². The molecule has 50 heavy (non-hydrogen) atoms. The third kappa shape index (κ3) is 6.78. The molecule has 2 atom stereocenters. The highest BCUT2D eigenvalue weighted by atomic mass is 35.5. The number of rotatable bonds is 12. The number of carbonyl (C=O) groups excluding carboxylic acids is 1. The van der Waals surface area contributed by atoms with Crippen molar-refractivity contribution < 1.29 is 19.4 Å². The molecule has 252 valence electrons. The van der Waals surface area contributed by atoms with Crippen LogP contribution < -0.4 is 15.6 Å². The molecule has 0 radical (unpaired) electrons. The van der Waals surface area contributed by atoms with Gasteiger partial charge in [-0.15, -0.1) is 0 Å². The molecule has 3 N–H and O–H groups in total. The Bertz CT molecular complexity index is 2010. The van der Waals surface area contributed by atoms with Crippen LogP contribution in [0.1, 0.15) is 52.8 Å². The zero-order chi connectivity index (χ0) is 34.5. The third-order valence-corrected chi connectivity index (χ3v) is 9.54. The van der Waals surface area contributed by atoms with E-state index in [9.17, 15) is 4.79 Å². The average Bonchev–Trinajstić information content (AvgIpc) is 3.68. The molecule has 1 heterocycles. The summed E-state index contributed by atoms with van der Waals surface area (Å²) in [6.45, 7) is 0.444. The first kappa shape index (κ1) is 33.6. The number of hydrazine groups is 1. The Kier molecular flexibility index (Phi) is 10.0. The standard InChI is InChI=1S/C41H35Cl2N3O4/c42-29-19-22-35(36(43)26-29)38-41(23-8-12-27-10-2-1-3-11-27,44-39(50-38)28-17-20-30(21-18-28)49-25-9-24-47)40(48)46-45-37-33-15-6-4-13-31(33)32-14-5-7-16-34(32)37/h1-8,10-22,26,37-38,45,47H,9,23-25H2,(H,46,48)/b12-8+/t38-,41-/m0/s1. The first-order valence-electron chi connectivity index (χ1n) is 16.5. The van der Waals surface area contributed by atoms with Gasteiger partial charge in [-0.1, -0.05) is 120 Å². The van der Waals surface area contributed by atoms with Gasteiger partial charge in [0.1, 0.15) is 5.75 Å². The summed E-state index contributed by atoms with van der Waals surface area (Å²) in [4.78, 5) is 19.9. The number of halogens is 2. The Hall–Kier alpha value is -4.92. The molecule has 0 unspecified atom stereocenters. The summed E-state index contributed by atoms with van der Waals surface area (Å²) in [6.07, 6.45) is 3.75. The largest absolute Gasteiger partial charge is 0.494 e. The average molecular weight is 705 g/mol. The zero-order valence-electron chi connectivity index (χ0n) is 27.1. The van der Waals surface area contributed by atoms with Crippen molar-refractivity contribution in [1.29, 1.82) is 0 Å². The van der Waals surface area contributed by atoms with Crippen molar-refractivity contribution >= 4 is 41.1 Å². The van der Waals surface area contributed by atoms with Crippen LogP contribution in [-0.4, -0.2) is 35.7 Å². The Balaban J connectivity index is 1.27. The lowest BCUT2D eigenvalue weighted by Gasteiger charge is -2.31. The van der Waals surface area contributed by atoms with Gasteiger partial charge in [0.05, 0.1) is 12.6 Å². The van der Waals surface area contributed by atoms with Gasteiger partial charge >= 0.3 is 0 Å². The molecule has 0 spiro atoms. The zero-order valence-corrected chi connectivity index (χ0v) is 28.6. The molecule has 1 amide bonds. The summed E-state index contributed by atoms with van der Waals surface area (Å²) in [5.41, 5.74) is 11.5. The maximum Gasteiger partial charge on any atom is 0.266 e. The summed E-state index contributed by atoms with van der Waals surface area (Å²) < 4.78 is 12.4. The van der Waals surface area contributed by atoms with Gasteiger partial charge in [-0.3, -0.25) is 10.2 Å². The summed E-state index contributed by atoms with van der Waals surface area (Å²) in [7, 11) is 0. The highest BCUT2D eigenvalue weighted by Crippen LogP contribution is 2.46. The molecule has 5 aromatic rings. The number of aliphatic imine (C=N–C) groups is 1. The summed E-state index contributed by atoms with van der Waals surface area (Å²) >= 11 is 13.1. The van der Waals surface area contributed by atoms with E-state index < -0.39 is 11.6 Å². The lowest BCUT2D eigenvalue weighted by molar-refractivity contribution is -0.130. The van der Waals surface area contributed by atoms with Gasteiger partial charge < -0.3 is 14.6 Å². The fourth-order valence-electron chi connectivity index (χ4n) is 6.50. The third-order valence-electron chi connectivity index (χ3n) is 8.98. The number of benzene rings is 5. The molecule has 0 saturated carbocycles. The first-order chi connectivity index (χ1) is 24.5. The number of amides is 1. The van der Waals surface area contributed by atoms with Gasteiger partial charge in [0.2, 0.25) is 5.90 Å². The summed E-state index contributed by atoms with van der Waals surface area (Å²) in [5, 5.41) is 9.95. The van der Waals surface area contributed by atoms with Crippen LogP contribution in [0.25, 0.3) is 17.2 Å². The highest BCUT2D eigenvalue weighted by Gasteiger charge is 2.53. The molecule has 5 aromatic carbocycles. The van der Waals surface area contributed by atoms with Crippen LogP contribution in [0.5, 0.6) is 5.75 Å². The summed E-state index contributed by atoms with van der Waals surface area (Å²) in [6, 6.07) is 38.4. The number of ether oxygens (including phenoxy) is 2. The van der Waals surface area contributed by atoms with Crippen molar-refractivity contribution in [2.24, 2.45) is 4.99 Å². The van der Waals surface area contributed by atoms with Crippen LogP contribution >= 0.6 is 23.2 Å². The minimum atomic E-state index is -1.47. The van der Waals surface area contributed by atoms with Gasteiger partial charge in [0, 0.05) is 40.6 Å². The number of carbonyl (C=O) groups is 1. The van der Waals surface area contributed by atoms with Crippen molar-refractivity contribution in [2.75, 3.05) is 13.2 Å². The highest BCUT2D eigenvalue weighted by molar-refractivity contribution is 6.35. The van der Waals surface area contributed by atoms with Gasteiger partial charge in [-0.05, 0) is 64.2 Å². The van der Waals surface area contributed by atoms with Crippen LogP contribution in [0.3, 0.4) is 0 Å². The van der Waals surface area contributed by atoms with Crippen LogP contribution in [-0.2, 0) is 9.53 Å². The first-order valence-corrected chi connectivity index (χ1v) is 17.2. The molecule has 0 saturated heterocycles. The van der Waals surface area contributed by atoms with Crippen molar-refractivity contribution in [3.05, 3.63) is 165 Å². The smallest absolute Gasteiger partial charge is 0.266 e. The Morgan fingerprint density at radius 2 is 1.54 bits per heavy atom. The number of fused-ring (bicyclic) bond motifs is 3. The molecule has 0 aromatic heterocycles.